The minimum atomic E-state index is -0.398. The second kappa shape index (κ2) is 4.93. The summed E-state index contributed by atoms with van der Waals surface area (Å²) in [6.07, 6.45) is 2.07. The number of nitrogens with zero attached hydrogens (tertiary/aromatic N) is 1. The number of hydrogen-bond acceptors (Lipinski definition) is 4. The van der Waals surface area contributed by atoms with Crippen LogP contribution in [0.5, 0.6) is 0 Å². The predicted molar refractivity (Wildman–Crippen MR) is 63.6 cm³/mol. The number of aryl methyl sites for hydroxylation is 1. The third kappa shape index (κ3) is 3.28. The van der Waals surface area contributed by atoms with Crippen molar-refractivity contribution in [2.75, 3.05) is 11.9 Å². The third-order valence-corrected chi connectivity index (χ3v) is 3.37. The average molecular weight is 240 g/mol. The summed E-state index contributed by atoms with van der Waals surface area (Å²) >= 11 is 1.43. The maximum atomic E-state index is 11.7. The maximum absolute atomic E-state index is 11.7. The van der Waals surface area contributed by atoms with Gasteiger partial charge in [-0.3, -0.25) is 10.1 Å². The molecule has 1 aromatic rings. The van der Waals surface area contributed by atoms with Crippen molar-refractivity contribution >= 4 is 22.4 Å². The number of hydrogen-bond donors (Lipinski definition) is 1. The zero-order chi connectivity index (χ0) is 11.5. The number of nitrogens with one attached hydrogen (secondary N) is 1. The summed E-state index contributed by atoms with van der Waals surface area (Å²) in [6.45, 7) is 4.38. The molecule has 0 saturated heterocycles. The Morgan fingerprint density at radius 2 is 2.50 bits per heavy atom. The molecule has 0 bridgehead atoms. The Bertz CT molecular complexity index is 374. The van der Waals surface area contributed by atoms with Crippen LogP contribution in [0.15, 0.2) is 5.38 Å². The van der Waals surface area contributed by atoms with Crippen LogP contribution < -0.4 is 5.32 Å². The van der Waals surface area contributed by atoms with Crippen molar-refractivity contribution in [3.05, 3.63) is 11.1 Å². The predicted octanol–water partition coefficient (Wildman–Crippen LogP) is 2.21. The molecule has 1 saturated carbocycles. The van der Waals surface area contributed by atoms with E-state index < -0.39 is 6.10 Å². The molecule has 0 aliphatic heterocycles. The van der Waals surface area contributed by atoms with E-state index in [-0.39, 0.29) is 5.91 Å². The fourth-order valence-electron chi connectivity index (χ4n) is 1.26. The van der Waals surface area contributed by atoms with E-state index in [2.05, 4.69) is 10.3 Å². The van der Waals surface area contributed by atoms with Gasteiger partial charge in [-0.05, 0) is 32.6 Å². The number of amides is 1. The Hall–Kier alpha value is -0.940. The Morgan fingerprint density at radius 3 is 3.06 bits per heavy atom. The van der Waals surface area contributed by atoms with Gasteiger partial charge in [0, 0.05) is 5.38 Å². The van der Waals surface area contributed by atoms with Gasteiger partial charge in [-0.1, -0.05) is 0 Å². The van der Waals surface area contributed by atoms with Crippen LogP contribution in [0.4, 0.5) is 5.13 Å². The monoisotopic (exact) mass is 240 g/mol. The number of aromatic nitrogens is 1. The van der Waals surface area contributed by atoms with Crippen molar-refractivity contribution in [3.8, 4) is 0 Å². The van der Waals surface area contributed by atoms with Crippen LogP contribution in [-0.4, -0.2) is 23.6 Å². The van der Waals surface area contributed by atoms with Gasteiger partial charge in [0.15, 0.2) is 5.13 Å². The van der Waals surface area contributed by atoms with E-state index in [1.807, 2.05) is 12.3 Å². The molecule has 1 aromatic heterocycles. The lowest BCUT2D eigenvalue weighted by atomic mass is 10.3. The Balaban J connectivity index is 1.77. The van der Waals surface area contributed by atoms with E-state index in [0.717, 1.165) is 5.69 Å². The van der Waals surface area contributed by atoms with Crippen molar-refractivity contribution in [2.45, 2.75) is 32.8 Å². The van der Waals surface area contributed by atoms with E-state index in [9.17, 15) is 4.79 Å². The van der Waals surface area contributed by atoms with E-state index in [1.54, 1.807) is 6.92 Å². The van der Waals surface area contributed by atoms with Crippen LogP contribution >= 0.6 is 11.3 Å². The largest absolute Gasteiger partial charge is 0.368 e. The highest BCUT2D eigenvalue weighted by Gasteiger charge is 2.24. The molecule has 0 radical (unpaired) electrons. The first-order valence-corrected chi connectivity index (χ1v) is 6.37. The van der Waals surface area contributed by atoms with Crippen LogP contribution in [0.1, 0.15) is 25.5 Å². The fraction of sp³-hybridized carbons (Fsp3) is 0.636. The van der Waals surface area contributed by atoms with E-state index in [4.69, 9.17) is 4.74 Å². The summed E-state index contributed by atoms with van der Waals surface area (Å²) in [7, 11) is 0. The quantitative estimate of drug-likeness (QED) is 0.858. The molecule has 1 aliphatic rings. The van der Waals surface area contributed by atoms with Gasteiger partial charge in [0.05, 0.1) is 12.3 Å². The molecule has 1 unspecified atom stereocenters. The molecule has 2 rings (SSSR count). The maximum Gasteiger partial charge on any atom is 0.254 e. The molecule has 1 atom stereocenters. The van der Waals surface area contributed by atoms with Gasteiger partial charge in [0.1, 0.15) is 6.10 Å². The lowest BCUT2D eigenvalue weighted by molar-refractivity contribution is -0.126. The number of anilines is 1. The number of carbonyl (C=O) groups excluding carboxylic acids is 1. The summed E-state index contributed by atoms with van der Waals surface area (Å²) < 4.78 is 5.47. The zero-order valence-electron chi connectivity index (χ0n) is 9.53. The van der Waals surface area contributed by atoms with Gasteiger partial charge in [0.2, 0.25) is 0 Å². The Morgan fingerprint density at radius 1 is 1.75 bits per heavy atom. The minimum Gasteiger partial charge on any atom is -0.368 e. The van der Waals surface area contributed by atoms with Crippen molar-refractivity contribution in [1.29, 1.82) is 0 Å². The molecule has 1 aliphatic carbocycles. The molecule has 88 valence electrons. The SMILES string of the molecule is Cc1csc(NC(=O)C(C)OCC2CC2)n1. The minimum absolute atomic E-state index is 0.116. The molecule has 1 N–H and O–H groups in total. The molecule has 0 spiro atoms. The number of ether oxygens (including phenoxy) is 1. The molecule has 4 nitrogen and oxygen atoms in total. The van der Waals surface area contributed by atoms with Gasteiger partial charge in [0.25, 0.3) is 5.91 Å². The molecule has 0 aromatic carbocycles. The van der Waals surface area contributed by atoms with Gasteiger partial charge >= 0.3 is 0 Å². The van der Waals surface area contributed by atoms with Crippen LogP contribution in [-0.2, 0) is 9.53 Å². The Labute approximate surface area is 99.0 Å². The molecular weight excluding hydrogens is 224 g/mol. The molecular formula is C11H16N2O2S. The number of thiazole rings is 1. The second-order valence-corrected chi connectivity index (χ2v) is 5.06. The summed E-state index contributed by atoms with van der Waals surface area (Å²) in [5.41, 5.74) is 0.923. The highest BCUT2D eigenvalue weighted by Crippen LogP contribution is 2.29. The first-order chi connectivity index (χ1) is 7.65. The lowest BCUT2D eigenvalue weighted by Crippen LogP contribution is -2.28. The van der Waals surface area contributed by atoms with Crippen molar-refractivity contribution in [2.24, 2.45) is 5.92 Å². The van der Waals surface area contributed by atoms with Crippen molar-refractivity contribution in [1.82, 2.24) is 4.98 Å². The zero-order valence-corrected chi connectivity index (χ0v) is 10.3. The highest BCUT2D eigenvalue weighted by atomic mass is 32.1. The third-order valence-electron chi connectivity index (χ3n) is 2.50. The molecule has 1 heterocycles. The van der Waals surface area contributed by atoms with E-state index in [1.165, 1.54) is 24.2 Å². The van der Waals surface area contributed by atoms with Gasteiger partial charge in [-0.25, -0.2) is 4.98 Å². The first-order valence-electron chi connectivity index (χ1n) is 5.49. The average Bonchev–Trinajstić information content (AvgIpc) is 2.99. The van der Waals surface area contributed by atoms with Crippen LogP contribution in [0.2, 0.25) is 0 Å². The number of carbonyl (C=O) groups is 1. The van der Waals surface area contributed by atoms with Crippen LogP contribution in [0.3, 0.4) is 0 Å². The molecule has 1 amide bonds. The number of rotatable bonds is 5. The van der Waals surface area contributed by atoms with Crippen molar-refractivity contribution in [3.63, 3.8) is 0 Å². The Kier molecular flexibility index (Phi) is 3.56. The van der Waals surface area contributed by atoms with E-state index in [0.29, 0.717) is 17.7 Å². The smallest absolute Gasteiger partial charge is 0.254 e. The standard InChI is InChI=1S/C11H16N2O2S/c1-7-6-16-11(12-7)13-10(14)8(2)15-5-9-3-4-9/h6,8-9H,3-5H2,1-2H3,(H,12,13,14). The summed E-state index contributed by atoms with van der Waals surface area (Å²) in [4.78, 5) is 15.9. The van der Waals surface area contributed by atoms with Crippen LogP contribution in [0, 0.1) is 12.8 Å². The summed E-state index contributed by atoms with van der Waals surface area (Å²) in [5.74, 6) is 0.562. The van der Waals surface area contributed by atoms with Crippen molar-refractivity contribution < 1.29 is 9.53 Å². The lowest BCUT2D eigenvalue weighted by Gasteiger charge is -2.11. The molecule has 1 fully saturated rings. The van der Waals surface area contributed by atoms with Gasteiger partial charge < -0.3 is 4.74 Å². The highest BCUT2D eigenvalue weighted by molar-refractivity contribution is 7.13. The summed E-state index contributed by atoms with van der Waals surface area (Å²) in [5, 5.41) is 5.30. The van der Waals surface area contributed by atoms with Gasteiger partial charge in [-0.15, -0.1) is 11.3 Å². The van der Waals surface area contributed by atoms with Gasteiger partial charge in [-0.2, -0.15) is 0 Å². The molecule has 16 heavy (non-hydrogen) atoms. The first kappa shape index (κ1) is 11.5. The second-order valence-electron chi connectivity index (χ2n) is 4.20. The van der Waals surface area contributed by atoms with Crippen LogP contribution in [0.25, 0.3) is 0 Å². The van der Waals surface area contributed by atoms with E-state index >= 15 is 0 Å². The summed E-state index contributed by atoms with van der Waals surface area (Å²) in [6, 6.07) is 0. The molecule has 5 heteroatoms. The topological polar surface area (TPSA) is 51.2 Å². The normalized spacial score (nSPS) is 17.1. The fourth-order valence-corrected chi connectivity index (χ4v) is 1.95.